The summed E-state index contributed by atoms with van der Waals surface area (Å²) in [7, 11) is 0. The van der Waals surface area contributed by atoms with Crippen LogP contribution in [0.1, 0.15) is 65.4 Å². The van der Waals surface area contributed by atoms with E-state index in [1.165, 1.54) is 6.07 Å². The van der Waals surface area contributed by atoms with Gasteiger partial charge in [-0.1, -0.05) is 40.7 Å². The molecule has 0 aromatic heterocycles. The molecular weight excluding hydrogens is 607 g/mol. The van der Waals surface area contributed by atoms with Crippen LogP contribution in [-0.4, -0.2) is 71.5 Å². The van der Waals surface area contributed by atoms with Crippen molar-refractivity contribution in [1.29, 1.82) is 0 Å². The number of aliphatic hydroxyl groups is 1. The van der Waals surface area contributed by atoms with Gasteiger partial charge in [0.25, 0.3) is 0 Å². The number of halogens is 2. The minimum Gasteiger partial charge on any atom is -0.394 e. The van der Waals surface area contributed by atoms with Gasteiger partial charge in [0.05, 0.1) is 17.1 Å². The largest absolute Gasteiger partial charge is 0.394 e. The lowest BCUT2D eigenvalue weighted by atomic mass is 9.85. The minimum atomic E-state index is -0.861. The van der Waals surface area contributed by atoms with Gasteiger partial charge < -0.3 is 26.0 Å². The molecular formula is C31H42BrFN4O5. The van der Waals surface area contributed by atoms with Crippen LogP contribution < -0.4 is 16.0 Å². The number of piperidine rings is 1. The smallest absolute Gasteiger partial charge is 0.246 e. The standard InChI is InChI=1S/C31H42BrFN4O5/c1-30(2,3)25(36-27(40)19-12-18(19)15-6-7-21(32)22(33)11-15)29(42)37-13-20-23(31(20,4)5)24(37)28(41)35-17(14-38)10-16-8-9-34-26(16)39/h6-7,11,16-20,23-25,38H,8-10,12-14H2,1-5H3,(H,34,39)(H,35,41)(H,36,40)/t16-,17-,18-,19+,20-,23-,24-,25+/m0/s1. The van der Waals surface area contributed by atoms with Gasteiger partial charge in [0.2, 0.25) is 23.6 Å². The predicted molar refractivity (Wildman–Crippen MR) is 157 cm³/mol. The molecule has 0 radical (unpaired) electrons. The van der Waals surface area contributed by atoms with Crippen molar-refractivity contribution in [2.75, 3.05) is 19.7 Å². The van der Waals surface area contributed by atoms with E-state index in [9.17, 15) is 28.7 Å². The number of benzene rings is 1. The van der Waals surface area contributed by atoms with Gasteiger partial charge in [0, 0.05) is 24.9 Å². The van der Waals surface area contributed by atoms with E-state index in [0.29, 0.717) is 36.8 Å². The van der Waals surface area contributed by atoms with E-state index >= 15 is 0 Å². The van der Waals surface area contributed by atoms with Crippen LogP contribution in [0.15, 0.2) is 22.7 Å². The predicted octanol–water partition coefficient (Wildman–Crippen LogP) is 2.71. The average Bonchev–Trinajstić information content (AvgIpc) is 3.67. The number of fused-ring (bicyclic) bond motifs is 1. The molecule has 2 aliphatic heterocycles. The maximum absolute atomic E-state index is 14.1. The van der Waals surface area contributed by atoms with Crippen molar-refractivity contribution in [3.05, 3.63) is 34.1 Å². The Bertz CT molecular complexity index is 1280. The second kappa shape index (κ2) is 11.2. The summed E-state index contributed by atoms with van der Waals surface area (Å²) in [5.41, 5.74) is 0.00956. The summed E-state index contributed by atoms with van der Waals surface area (Å²) < 4.78 is 14.5. The molecule has 1 aromatic rings. The van der Waals surface area contributed by atoms with E-state index in [1.807, 2.05) is 20.8 Å². The highest BCUT2D eigenvalue weighted by Gasteiger charge is 2.70. The first-order valence-corrected chi connectivity index (χ1v) is 15.7. The monoisotopic (exact) mass is 648 g/mol. The Morgan fingerprint density at radius 1 is 1.21 bits per heavy atom. The third kappa shape index (κ3) is 5.83. The fourth-order valence-electron chi connectivity index (χ4n) is 7.15. The van der Waals surface area contributed by atoms with Crippen molar-refractivity contribution in [3.8, 4) is 0 Å². The fraction of sp³-hybridized carbons (Fsp3) is 0.677. The van der Waals surface area contributed by atoms with Crippen molar-refractivity contribution in [3.63, 3.8) is 0 Å². The van der Waals surface area contributed by atoms with Crippen LogP contribution in [0.4, 0.5) is 4.39 Å². The molecule has 4 N–H and O–H groups in total. The average molecular weight is 650 g/mol. The molecule has 230 valence electrons. The molecule has 2 aliphatic carbocycles. The molecule has 2 saturated heterocycles. The molecule has 0 spiro atoms. The van der Waals surface area contributed by atoms with E-state index < -0.39 is 23.5 Å². The van der Waals surface area contributed by atoms with E-state index in [1.54, 1.807) is 17.0 Å². The molecule has 0 bridgehead atoms. The Morgan fingerprint density at radius 2 is 1.93 bits per heavy atom. The van der Waals surface area contributed by atoms with E-state index in [-0.39, 0.29) is 71.1 Å². The first kappa shape index (κ1) is 30.9. The summed E-state index contributed by atoms with van der Waals surface area (Å²) in [6, 6.07) is 2.68. The lowest BCUT2D eigenvalue weighted by Gasteiger charge is -2.38. The maximum atomic E-state index is 14.1. The fourth-order valence-corrected chi connectivity index (χ4v) is 7.40. The van der Waals surface area contributed by atoms with E-state index in [2.05, 4.69) is 45.7 Å². The van der Waals surface area contributed by atoms with Gasteiger partial charge in [-0.25, -0.2) is 4.39 Å². The number of amides is 4. The van der Waals surface area contributed by atoms with Crippen LogP contribution in [0.5, 0.6) is 0 Å². The van der Waals surface area contributed by atoms with Crippen LogP contribution in [-0.2, 0) is 19.2 Å². The number of likely N-dealkylation sites (tertiary alicyclic amines) is 1. The molecule has 8 atom stereocenters. The summed E-state index contributed by atoms with van der Waals surface area (Å²) >= 11 is 3.16. The highest BCUT2D eigenvalue weighted by molar-refractivity contribution is 9.10. The summed E-state index contributed by atoms with van der Waals surface area (Å²) in [6.45, 7) is 10.5. The quantitative estimate of drug-likeness (QED) is 0.327. The number of nitrogens with zero attached hydrogens (tertiary/aromatic N) is 1. The summed E-state index contributed by atoms with van der Waals surface area (Å²) in [5, 5.41) is 18.7. The van der Waals surface area contributed by atoms with Gasteiger partial charge in [-0.05, 0) is 81.5 Å². The molecule has 9 nitrogen and oxygen atoms in total. The molecule has 4 aliphatic rings. The number of carbonyl (C=O) groups is 4. The van der Waals surface area contributed by atoms with E-state index in [0.717, 1.165) is 5.56 Å². The van der Waals surface area contributed by atoms with Crippen LogP contribution in [0.25, 0.3) is 0 Å². The zero-order valence-corrected chi connectivity index (χ0v) is 26.5. The lowest BCUT2D eigenvalue weighted by Crippen LogP contribution is -2.60. The second-order valence-corrected chi connectivity index (χ2v) is 15.1. The first-order chi connectivity index (χ1) is 19.6. The Hall–Kier alpha value is -2.53. The zero-order chi connectivity index (χ0) is 30.7. The van der Waals surface area contributed by atoms with Crippen molar-refractivity contribution in [2.45, 2.75) is 77.9 Å². The Kier molecular flexibility index (Phi) is 8.24. The van der Waals surface area contributed by atoms with Crippen LogP contribution in [0.2, 0.25) is 0 Å². The Balaban J connectivity index is 1.29. The highest BCUT2D eigenvalue weighted by Crippen LogP contribution is 2.65. The van der Waals surface area contributed by atoms with Gasteiger partial charge >= 0.3 is 0 Å². The molecule has 2 heterocycles. The molecule has 2 saturated carbocycles. The van der Waals surface area contributed by atoms with Crippen molar-refractivity contribution >= 4 is 39.6 Å². The maximum Gasteiger partial charge on any atom is 0.246 e. The number of rotatable bonds is 9. The van der Waals surface area contributed by atoms with Crippen LogP contribution in [0, 0.1) is 40.3 Å². The third-order valence-corrected chi connectivity index (χ3v) is 10.6. The summed E-state index contributed by atoms with van der Waals surface area (Å²) in [4.78, 5) is 54.9. The van der Waals surface area contributed by atoms with Crippen LogP contribution >= 0.6 is 15.9 Å². The zero-order valence-electron chi connectivity index (χ0n) is 24.9. The number of nitrogens with one attached hydrogen (secondary N) is 3. The van der Waals surface area contributed by atoms with Crippen molar-refractivity contribution < 1.29 is 28.7 Å². The summed E-state index contributed by atoms with van der Waals surface area (Å²) in [6.07, 6.45) is 1.56. The minimum absolute atomic E-state index is 0.0352. The molecule has 5 rings (SSSR count). The Labute approximate surface area is 254 Å². The van der Waals surface area contributed by atoms with Gasteiger partial charge in [-0.15, -0.1) is 0 Å². The third-order valence-electron chi connectivity index (χ3n) is 9.96. The SMILES string of the molecule is CC(C)(C)[C@H](NC(=O)[C@@H]1C[C@H]1c1ccc(Br)c(F)c1)C(=O)N1C[C@H]2[C@@H]([C@H]1C(=O)N[C@H](CO)C[C@@H]1CCNC1=O)C2(C)C. The first-order valence-electron chi connectivity index (χ1n) is 14.9. The molecule has 4 fully saturated rings. The van der Waals surface area contributed by atoms with Gasteiger partial charge in [-0.2, -0.15) is 0 Å². The highest BCUT2D eigenvalue weighted by atomic mass is 79.9. The van der Waals surface area contributed by atoms with Gasteiger partial charge in [0.1, 0.15) is 17.9 Å². The molecule has 42 heavy (non-hydrogen) atoms. The molecule has 0 unspecified atom stereocenters. The number of aliphatic hydroxyl groups excluding tert-OH is 1. The number of hydrogen-bond donors (Lipinski definition) is 4. The number of carbonyl (C=O) groups excluding carboxylic acids is 4. The van der Waals surface area contributed by atoms with E-state index in [4.69, 9.17) is 0 Å². The normalized spacial score (nSPS) is 30.7. The Morgan fingerprint density at radius 3 is 2.52 bits per heavy atom. The molecule has 1 aromatic carbocycles. The topological polar surface area (TPSA) is 128 Å². The lowest BCUT2D eigenvalue weighted by molar-refractivity contribution is -0.146. The summed E-state index contributed by atoms with van der Waals surface area (Å²) in [5.74, 6) is -1.96. The van der Waals surface area contributed by atoms with Gasteiger partial charge in [-0.3, -0.25) is 19.2 Å². The number of hydrogen-bond acceptors (Lipinski definition) is 5. The van der Waals surface area contributed by atoms with Crippen molar-refractivity contribution in [2.24, 2.45) is 34.5 Å². The van der Waals surface area contributed by atoms with Gasteiger partial charge in [0.15, 0.2) is 0 Å². The van der Waals surface area contributed by atoms with Crippen LogP contribution in [0.3, 0.4) is 0 Å². The molecule has 11 heteroatoms. The molecule has 4 amide bonds. The second-order valence-electron chi connectivity index (χ2n) is 14.2. The van der Waals surface area contributed by atoms with Crippen molar-refractivity contribution in [1.82, 2.24) is 20.9 Å².